The van der Waals surface area contributed by atoms with Crippen molar-refractivity contribution in [1.29, 1.82) is 0 Å². The Morgan fingerprint density at radius 2 is 2.04 bits per heavy atom. The molecule has 0 atom stereocenters. The maximum Gasteiger partial charge on any atom is 0.307 e. The smallest absolute Gasteiger partial charge is 0.307 e. The normalized spacial score (nSPS) is 10.4. The number of amides is 1. The van der Waals surface area contributed by atoms with Gasteiger partial charge in [0, 0.05) is 23.1 Å². The van der Waals surface area contributed by atoms with Gasteiger partial charge < -0.3 is 19.5 Å². The minimum atomic E-state index is -0.337. The fourth-order valence-electron chi connectivity index (χ4n) is 1.92. The SMILES string of the molecule is CCOC(=O)CCN(CCOCCO)C(=O)c1cccc(Br)c1. The number of ether oxygens (including phenoxy) is 2. The second-order valence-corrected chi connectivity index (χ2v) is 5.61. The van der Waals surface area contributed by atoms with Crippen LogP contribution in [0.2, 0.25) is 0 Å². The van der Waals surface area contributed by atoms with Gasteiger partial charge in [-0.2, -0.15) is 0 Å². The fraction of sp³-hybridized carbons (Fsp3) is 0.500. The summed E-state index contributed by atoms with van der Waals surface area (Å²) in [6.07, 6.45) is 0.133. The van der Waals surface area contributed by atoms with Gasteiger partial charge in [0.1, 0.15) is 0 Å². The molecule has 0 bridgehead atoms. The number of halogens is 1. The summed E-state index contributed by atoms with van der Waals surface area (Å²) in [7, 11) is 0. The van der Waals surface area contributed by atoms with Crippen molar-refractivity contribution >= 4 is 27.8 Å². The molecule has 0 spiro atoms. The molecule has 1 aromatic rings. The Balaban J connectivity index is 2.68. The van der Waals surface area contributed by atoms with E-state index in [2.05, 4.69) is 15.9 Å². The number of hydrogen-bond donors (Lipinski definition) is 1. The fourth-order valence-corrected chi connectivity index (χ4v) is 2.32. The van der Waals surface area contributed by atoms with E-state index in [1.165, 1.54) is 0 Å². The third-order valence-electron chi connectivity index (χ3n) is 2.99. The Bertz CT molecular complexity index is 509. The van der Waals surface area contributed by atoms with E-state index >= 15 is 0 Å². The van der Waals surface area contributed by atoms with Crippen LogP contribution in [-0.2, 0) is 14.3 Å². The van der Waals surface area contributed by atoms with Crippen LogP contribution in [-0.4, -0.2) is 61.4 Å². The zero-order valence-corrected chi connectivity index (χ0v) is 14.8. The predicted octanol–water partition coefficient (Wildman–Crippen LogP) is 1.85. The van der Waals surface area contributed by atoms with E-state index in [1.54, 1.807) is 30.0 Å². The lowest BCUT2D eigenvalue weighted by Gasteiger charge is -2.22. The van der Waals surface area contributed by atoms with E-state index in [0.717, 1.165) is 4.47 Å². The highest BCUT2D eigenvalue weighted by Crippen LogP contribution is 2.14. The van der Waals surface area contributed by atoms with Crippen LogP contribution in [0.4, 0.5) is 0 Å². The summed E-state index contributed by atoms with van der Waals surface area (Å²) in [4.78, 5) is 25.6. The van der Waals surface area contributed by atoms with Crippen LogP contribution in [0.15, 0.2) is 28.7 Å². The maximum absolute atomic E-state index is 12.6. The second-order valence-electron chi connectivity index (χ2n) is 4.69. The number of aliphatic hydroxyl groups excluding tert-OH is 1. The van der Waals surface area contributed by atoms with E-state index in [-0.39, 0.29) is 38.1 Å². The van der Waals surface area contributed by atoms with Gasteiger partial charge in [-0.05, 0) is 25.1 Å². The van der Waals surface area contributed by atoms with Gasteiger partial charge in [0.25, 0.3) is 5.91 Å². The number of carbonyl (C=O) groups excluding carboxylic acids is 2. The van der Waals surface area contributed by atoms with Crippen molar-refractivity contribution in [2.45, 2.75) is 13.3 Å². The number of benzene rings is 1. The molecule has 0 aliphatic heterocycles. The van der Waals surface area contributed by atoms with Crippen molar-refractivity contribution in [2.75, 3.05) is 39.5 Å². The van der Waals surface area contributed by atoms with Crippen LogP contribution < -0.4 is 0 Å². The zero-order valence-electron chi connectivity index (χ0n) is 13.2. The second kappa shape index (κ2) is 11.2. The summed E-state index contributed by atoms with van der Waals surface area (Å²) < 4.78 is 10.9. The summed E-state index contributed by atoms with van der Waals surface area (Å²) in [5, 5.41) is 8.71. The van der Waals surface area contributed by atoms with Crippen LogP contribution in [0, 0.1) is 0 Å². The Morgan fingerprint density at radius 1 is 1.26 bits per heavy atom. The molecule has 128 valence electrons. The third kappa shape index (κ3) is 7.58. The first-order chi connectivity index (χ1) is 11.1. The molecule has 1 amide bonds. The lowest BCUT2D eigenvalue weighted by Crippen LogP contribution is -2.36. The summed E-state index contributed by atoms with van der Waals surface area (Å²) >= 11 is 3.34. The van der Waals surface area contributed by atoms with E-state index in [9.17, 15) is 9.59 Å². The lowest BCUT2D eigenvalue weighted by molar-refractivity contribution is -0.143. The van der Waals surface area contributed by atoms with Crippen molar-refractivity contribution in [3.05, 3.63) is 34.3 Å². The number of carbonyl (C=O) groups is 2. The van der Waals surface area contributed by atoms with Crippen LogP contribution in [0.5, 0.6) is 0 Å². The molecule has 0 aliphatic rings. The number of hydrogen-bond acceptors (Lipinski definition) is 5. The first kappa shape index (κ1) is 19.6. The van der Waals surface area contributed by atoms with Crippen molar-refractivity contribution in [2.24, 2.45) is 0 Å². The molecule has 1 rings (SSSR count). The molecule has 23 heavy (non-hydrogen) atoms. The Kier molecular flexibility index (Phi) is 9.51. The summed E-state index contributed by atoms with van der Waals surface area (Å²) in [6.45, 7) is 3.10. The molecule has 0 heterocycles. The predicted molar refractivity (Wildman–Crippen MR) is 89.2 cm³/mol. The van der Waals surface area contributed by atoms with E-state index in [1.807, 2.05) is 6.07 Å². The zero-order chi connectivity index (χ0) is 17.1. The molecule has 0 aromatic heterocycles. The van der Waals surface area contributed by atoms with Crippen molar-refractivity contribution in [1.82, 2.24) is 4.90 Å². The summed E-state index contributed by atoms with van der Waals surface area (Å²) in [6, 6.07) is 7.07. The highest BCUT2D eigenvalue weighted by Gasteiger charge is 2.17. The van der Waals surface area contributed by atoms with Crippen LogP contribution in [0.1, 0.15) is 23.7 Å². The Labute approximate surface area is 144 Å². The van der Waals surface area contributed by atoms with Crippen LogP contribution in [0.3, 0.4) is 0 Å². The Hall–Kier alpha value is -1.44. The third-order valence-corrected chi connectivity index (χ3v) is 3.48. The van der Waals surface area contributed by atoms with Gasteiger partial charge >= 0.3 is 5.97 Å². The van der Waals surface area contributed by atoms with Gasteiger partial charge in [0.15, 0.2) is 0 Å². The highest BCUT2D eigenvalue weighted by atomic mass is 79.9. The standard InChI is InChI=1S/C16H22BrNO5/c1-2-23-15(20)6-7-18(8-10-22-11-9-19)16(21)13-4-3-5-14(17)12-13/h3-5,12,19H,2,6-11H2,1H3. The molecule has 6 nitrogen and oxygen atoms in total. The number of rotatable bonds is 10. The number of nitrogens with zero attached hydrogens (tertiary/aromatic N) is 1. The van der Waals surface area contributed by atoms with Gasteiger partial charge in [-0.3, -0.25) is 9.59 Å². The molecular weight excluding hydrogens is 366 g/mol. The number of esters is 1. The molecule has 0 unspecified atom stereocenters. The van der Waals surface area contributed by atoms with Crippen LogP contribution in [0.25, 0.3) is 0 Å². The van der Waals surface area contributed by atoms with Crippen molar-refractivity contribution in [3.63, 3.8) is 0 Å². The van der Waals surface area contributed by atoms with Crippen LogP contribution >= 0.6 is 15.9 Å². The molecule has 0 radical (unpaired) electrons. The van der Waals surface area contributed by atoms with E-state index in [4.69, 9.17) is 14.6 Å². The van der Waals surface area contributed by atoms with Crippen molar-refractivity contribution in [3.8, 4) is 0 Å². The molecule has 0 fully saturated rings. The van der Waals surface area contributed by atoms with Gasteiger partial charge in [0.2, 0.25) is 0 Å². The van der Waals surface area contributed by atoms with Gasteiger partial charge in [0.05, 0.1) is 32.8 Å². The summed E-state index contributed by atoms with van der Waals surface area (Å²) in [5.74, 6) is -0.515. The quantitative estimate of drug-likeness (QED) is 0.489. The highest BCUT2D eigenvalue weighted by molar-refractivity contribution is 9.10. The monoisotopic (exact) mass is 387 g/mol. The number of aliphatic hydroxyl groups is 1. The van der Waals surface area contributed by atoms with E-state index in [0.29, 0.717) is 25.3 Å². The topological polar surface area (TPSA) is 76.1 Å². The first-order valence-electron chi connectivity index (χ1n) is 7.47. The first-order valence-corrected chi connectivity index (χ1v) is 8.26. The Morgan fingerprint density at radius 3 is 2.70 bits per heavy atom. The van der Waals surface area contributed by atoms with Crippen molar-refractivity contribution < 1.29 is 24.2 Å². The molecule has 1 N–H and O–H groups in total. The molecule has 7 heteroatoms. The minimum Gasteiger partial charge on any atom is -0.466 e. The molecule has 1 aromatic carbocycles. The largest absolute Gasteiger partial charge is 0.466 e. The molecule has 0 saturated heterocycles. The maximum atomic E-state index is 12.6. The molecular formula is C16H22BrNO5. The van der Waals surface area contributed by atoms with Gasteiger partial charge in [-0.25, -0.2) is 0 Å². The molecule has 0 aliphatic carbocycles. The van der Waals surface area contributed by atoms with Gasteiger partial charge in [-0.15, -0.1) is 0 Å². The minimum absolute atomic E-state index is 0.0671. The molecule has 0 saturated carbocycles. The summed E-state index contributed by atoms with van der Waals surface area (Å²) in [5.41, 5.74) is 0.533. The average molecular weight is 388 g/mol. The lowest BCUT2D eigenvalue weighted by atomic mass is 10.2. The van der Waals surface area contributed by atoms with Gasteiger partial charge in [-0.1, -0.05) is 22.0 Å². The average Bonchev–Trinajstić information content (AvgIpc) is 2.54. The van der Waals surface area contributed by atoms with E-state index < -0.39 is 0 Å².